The van der Waals surface area contributed by atoms with Gasteiger partial charge in [-0.1, -0.05) is 0 Å². The number of esters is 1. The zero-order chi connectivity index (χ0) is 14.0. The van der Waals surface area contributed by atoms with E-state index < -0.39 is 0 Å². The lowest BCUT2D eigenvalue weighted by Crippen LogP contribution is -2.13. The van der Waals surface area contributed by atoms with E-state index in [-0.39, 0.29) is 11.4 Å². The van der Waals surface area contributed by atoms with Gasteiger partial charge in [0.15, 0.2) is 0 Å². The maximum Gasteiger partial charge on any atom is 0.306 e. The molecule has 1 fully saturated rings. The fourth-order valence-corrected chi connectivity index (χ4v) is 4.24. The van der Waals surface area contributed by atoms with Crippen LogP contribution in [0.2, 0.25) is 0 Å². The molecule has 106 valence electrons. The van der Waals surface area contributed by atoms with Gasteiger partial charge in [0.2, 0.25) is 0 Å². The predicted octanol–water partition coefficient (Wildman–Crippen LogP) is 3.07. The molecule has 1 aromatic rings. The highest BCUT2D eigenvalue weighted by atomic mass is 79.9. The van der Waals surface area contributed by atoms with E-state index in [0.717, 1.165) is 34.5 Å². The lowest BCUT2D eigenvalue weighted by Gasteiger charge is -2.13. The summed E-state index contributed by atoms with van der Waals surface area (Å²) < 4.78 is 7.78. The van der Waals surface area contributed by atoms with Crippen molar-refractivity contribution in [2.24, 2.45) is 12.5 Å². The molecule has 19 heavy (non-hydrogen) atoms. The van der Waals surface area contributed by atoms with Gasteiger partial charge in [-0.15, -0.1) is 0 Å². The van der Waals surface area contributed by atoms with Gasteiger partial charge in [-0.3, -0.25) is 9.48 Å². The van der Waals surface area contributed by atoms with Crippen LogP contribution in [0.15, 0.2) is 4.47 Å². The van der Waals surface area contributed by atoms with Crippen molar-refractivity contribution < 1.29 is 9.53 Å². The molecule has 0 aliphatic heterocycles. The Hall–Kier alpha value is -0.490. The van der Waals surface area contributed by atoms with Crippen molar-refractivity contribution >= 4 is 33.7 Å². The molecule has 1 aliphatic rings. The normalized spacial score (nSPS) is 16.4. The summed E-state index contributed by atoms with van der Waals surface area (Å²) in [5, 5.41) is 4.39. The highest BCUT2D eigenvalue weighted by Crippen LogP contribution is 2.51. The molecule has 1 saturated carbocycles. The van der Waals surface area contributed by atoms with Crippen molar-refractivity contribution in [2.75, 3.05) is 12.9 Å². The van der Waals surface area contributed by atoms with Crippen LogP contribution >= 0.6 is 27.7 Å². The molecule has 0 atom stereocenters. The lowest BCUT2D eigenvalue weighted by molar-refractivity contribution is -0.141. The third-order valence-electron chi connectivity index (χ3n) is 3.61. The first-order valence-electron chi connectivity index (χ1n) is 6.30. The van der Waals surface area contributed by atoms with Crippen LogP contribution in [0.3, 0.4) is 0 Å². The van der Waals surface area contributed by atoms with Gasteiger partial charge in [0.25, 0.3) is 0 Å². The van der Waals surface area contributed by atoms with Crippen molar-refractivity contribution in [1.29, 1.82) is 0 Å². The van der Waals surface area contributed by atoms with Crippen LogP contribution in [-0.2, 0) is 22.3 Å². The third-order valence-corrected chi connectivity index (χ3v) is 5.94. The Balaban J connectivity index is 1.85. The zero-order valence-electron chi connectivity index (χ0n) is 11.5. The molecule has 1 aromatic heterocycles. The molecule has 1 aliphatic carbocycles. The number of carbonyl (C=O) groups is 1. The average molecular weight is 347 g/mol. The number of halogens is 1. The van der Waals surface area contributed by atoms with Crippen molar-refractivity contribution in [1.82, 2.24) is 9.78 Å². The number of rotatable bonds is 6. The lowest BCUT2D eigenvalue weighted by atomic mass is 10.1. The Morgan fingerprint density at radius 1 is 1.58 bits per heavy atom. The second-order valence-electron chi connectivity index (χ2n) is 5.22. The highest BCUT2D eigenvalue weighted by molar-refractivity contribution is 9.10. The van der Waals surface area contributed by atoms with E-state index in [1.165, 1.54) is 12.8 Å². The molecule has 6 heteroatoms. The van der Waals surface area contributed by atoms with Crippen molar-refractivity contribution in [3.8, 4) is 0 Å². The zero-order valence-corrected chi connectivity index (χ0v) is 13.9. The molecule has 0 spiro atoms. The smallest absolute Gasteiger partial charge is 0.306 e. The van der Waals surface area contributed by atoms with Gasteiger partial charge in [-0.25, -0.2) is 0 Å². The Morgan fingerprint density at radius 3 is 2.74 bits per heavy atom. The summed E-state index contributed by atoms with van der Waals surface area (Å²) in [5.41, 5.74) is 2.42. The molecule has 4 nitrogen and oxygen atoms in total. The van der Waals surface area contributed by atoms with Crippen molar-refractivity contribution in [3.63, 3.8) is 0 Å². The van der Waals surface area contributed by atoms with E-state index in [9.17, 15) is 4.79 Å². The van der Waals surface area contributed by atoms with E-state index in [4.69, 9.17) is 4.74 Å². The predicted molar refractivity (Wildman–Crippen MR) is 80.1 cm³/mol. The second kappa shape index (κ2) is 5.87. The maximum atomic E-state index is 11.4. The van der Waals surface area contributed by atoms with E-state index in [2.05, 4.69) is 21.0 Å². The standard InChI is InChI=1S/C13H19BrN2O2S/c1-9-12(14)10(16(2)15-9)7-19-8-13(4-5-13)6-11(17)18-3/h4-8H2,1-3H3. The minimum absolute atomic E-state index is 0.0874. The first-order valence-corrected chi connectivity index (χ1v) is 8.25. The molecular formula is C13H19BrN2O2S. The Morgan fingerprint density at radius 2 is 2.26 bits per heavy atom. The summed E-state index contributed by atoms with van der Waals surface area (Å²) in [7, 11) is 3.43. The first-order chi connectivity index (χ1) is 8.97. The van der Waals surface area contributed by atoms with E-state index in [1.54, 1.807) is 0 Å². The van der Waals surface area contributed by atoms with Gasteiger partial charge in [0.05, 0.1) is 29.4 Å². The highest BCUT2D eigenvalue weighted by Gasteiger charge is 2.44. The van der Waals surface area contributed by atoms with Crippen molar-refractivity contribution in [3.05, 3.63) is 15.9 Å². The van der Waals surface area contributed by atoms with Gasteiger partial charge >= 0.3 is 5.97 Å². The van der Waals surface area contributed by atoms with Crippen LogP contribution in [0.4, 0.5) is 0 Å². The molecule has 0 N–H and O–H groups in total. The molecule has 0 aromatic carbocycles. The summed E-state index contributed by atoms with van der Waals surface area (Å²) in [6, 6.07) is 0. The van der Waals surface area contributed by atoms with Crippen LogP contribution in [-0.4, -0.2) is 28.6 Å². The summed E-state index contributed by atoms with van der Waals surface area (Å²) >= 11 is 5.45. The quantitative estimate of drug-likeness (QED) is 0.742. The molecule has 0 bridgehead atoms. The van der Waals surface area contributed by atoms with Crippen LogP contribution in [0, 0.1) is 12.3 Å². The van der Waals surface area contributed by atoms with Gasteiger partial charge in [-0.2, -0.15) is 16.9 Å². The number of thioether (sulfide) groups is 1. The number of hydrogen-bond acceptors (Lipinski definition) is 4. The van der Waals surface area contributed by atoms with Crippen LogP contribution in [0.5, 0.6) is 0 Å². The Kier molecular flexibility index (Phi) is 4.61. The number of ether oxygens (including phenoxy) is 1. The molecule has 0 unspecified atom stereocenters. The monoisotopic (exact) mass is 346 g/mol. The molecule has 0 radical (unpaired) electrons. The van der Waals surface area contributed by atoms with Gasteiger partial charge < -0.3 is 4.74 Å². The fourth-order valence-electron chi connectivity index (χ4n) is 2.13. The Labute approximate surface area is 126 Å². The van der Waals surface area contributed by atoms with Gasteiger partial charge in [0, 0.05) is 12.8 Å². The average Bonchev–Trinajstić information content (AvgIpc) is 3.08. The molecular weight excluding hydrogens is 328 g/mol. The van der Waals surface area contributed by atoms with E-state index in [0.29, 0.717) is 6.42 Å². The van der Waals surface area contributed by atoms with Crippen LogP contribution in [0.1, 0.15) is 30.7 Å². The number of methoxy groups -OCH3 is 1. The number of nitrogens with zero attached hydrogens (tertiary/aromatic N) is 2. The second-order valence-corrected chi connectivity index (χ2v) is 6.99. The summed E-state index contributed by atoms with van der Waals surface area (Å²) in [5.74, 6) is 1.84. The van der Waals surface area contributed by atoms with Crippen molar-refractivity contribution in [2.45, 2.75) is 31.9 Å². The van der Waals surface area contributed by atoms with Gasteiger partial charge in [0.1, 0.15) is 0 Å². The summed E-state index contributed by atoms with van der Waals surface area (Å²) in [4.78, 5) is 11.4. The molecule has 0 saturated heterocycles. The Bertz CT molecular complexity index is 483. The molecule has 1 heterocycles. The largest absolute Gasteiger partial charge is 0.469 e. The van der Waals surface area contributed by atoms with E-state index in [1.807, 2.05) is 30.4 Å². The number of aromatic nitrogens is 2. The third kappa shape index (κ3) is 3.54. The van der Waals surface area contributed by atoms with Crippen LogP contribution < -0.4 is 0 Å². The van der Waals surface area contributed by atoms with Gasteiger partial charge in [-0.05, 0) is 46.9 Å². The topological polar surface area (TPSA) is 44.1 Å². The van der Waals surface area contributed by atoms with Crippen LogP contribution in [0.25, 0.3) is 0 Å². The number of carbonyl (C=O) groups excluding carboxylic acids is 1. The number of aryl methyl sites for hydroxylation is 2. The molecule has 2 rings (SSSR count). The minimum Gasteiger partial charge on any atom is -0.469 e. The SMILES string of the molecule is COC(=O)CC1(CSCc2c(Br)c(C)nn2C)CC1. The maximum absolute atomic E-state index is 11.4. The van der Waals surface area contributed by atoms with E-state index >= 15 is 0 Å². The summed E-state index contributed by atoms with van der Waals surface area (Å²) in [6.45, 7) is 2.00. The number of hydrogen-bond donors (Lipinski definition) is 0. The summed E-state index contributed by atoms with van der Waals surface area (Å²) in [6.07, 6.45) is 2.84. The fraction of sp³-hybridized carbons (Fsp3) is 0.692. The first kappa shape index (κ1) is 14.9. The minimum atomic E-state index is -0.0874. The molecule has 0 amide bonds.